The monoisotopic (exact) mass is 1430 g/mol. The summed E-state index contributed by atoms with van der Waals surface area (Å²) < 4.78 is 68.5. The zero-order chi connectivity index (χ0) is 72.1. The summed E-state index contributed by atoms with van der Waals surface area (Å²) in [6.07, 6.45) is 61.9. The van der Waals surface area contributed by atoms with Gasteiger partial charge in [-0.05, 0) is 63.2 Å². The Morgan fingerprint density at radius 3 is 0.918 bits per heavy atom. The lowest BCUT2D eigenvalue weighted by atomic mass is 9.99. The average molecular weight is 1430 g/mol. The van der Waals surface area contributed by atoms with Gasteiger partial charge in [0.2, 0.25) is 0 Å². The second-order valence-corrected chi connectivity index (χ2v) is 31.4. The Balaban J connectivity index is 5.22. The lowest BCUT2D eigenvalue weighted by molar-refractivity contribution is -0.161. The summed E-state index contributed by atoms with van der Waals surface area (Å²) >= 11 is 0. The van der Waals surface area contributed by atoms with Crippen LogP contribution in [-0.4, -0.2) is 96.7 Å². The molecule has 0 aliphatic heterocycles. The van der Waals surface area contributed by atoms with Gasteiger partial charge in [0, 0.05) is 25.7 Å². The van der Waals surface area contributed by atoms with Crippen molar-refractivity contribution in [2.24, 2.45) is 11.8 Å². The molecule has 0 aromatic rings. The number of rotatable bonds is 76. The van der Waals surface area contributed by atoms with E-state index in [4.69, 9.17) is 37.0 Å². The first kappa shape index (κ1) is 95.5. The summed E-state index contributed by atoms with van der Waals surface area (Å²) in [6, 6.07) is 0. The molecule has 3 N–H and O–H groups in total. The van der Waals surface area contributed by atoms with E-state index >= 15 is 0 Å². The quantitative estimate of drug-likeness (QED) is 0.0169. The molecule has 0 aromatic carbocycles. The van der Waals surface area contributed by atoms with Crippen molar-refractivity contribution in [1.82, 2.24) is 0 Å². The fraction of sp³-hybridized carbons (Fsp3) is 0.899. The number of carbonyl (C=O) groups is 4. The minimum absolute atomic E-state index is 0.0847. The van der Waals surface area contributed by atoms with Gasteiger partial charge in [-0.2, -0.15) is 0 Å². The average Bonchev–Trinajstić information content (AvgIpc) is 1.02. The van der Waals surface area contributed by atoms with Gasteiger partial charge in [-0.1, -0.05) is 336 Å². The van der Waals surface area contributed by atoms with E-state index in [1.165, 1.54) is 180 Å². The Labute approximate surface area is 599 Å². The summed E-state index contributed by atoms with van der Waals surface area (Å²) in [5, 5.41) is 10.6. The van der Waals surface area contributed by atoms with Crippen molar-refractivity contribution < 1.29 is 80.2 Å². The van der Waals surface area contributed by atoms with Crippen LogP contribution in [0.4, 0.5) is 0 Å². The third-order valence-corrected chi connectivity index (χ3v) is 20.1. The molecule has 17 nitrogen and oxygen atoms in total. The Kier molecular flexibility index (Phi) is 68.5. The van der Waals surface area contributed by atoms with Gasteiger partial charge in [-0.3, -0.25) is 37.3 Å². The SMILES string of the molecule is CCCCCC/C=C\C=C/CCCCCCCC(=O)O[C@H](COC(=O)CCCCCCCCC)COP(=O)(O)OC[C@H](O)COP(=O)(O)OC[C@@H](COC(=O)CCCCCCCCCCCCCCCCC(C)CC)OC(=O)CCCCCCCCCCCCCCCCCC(C)C. The van der Waals surface area contributed by atoms with Gasteiger partial charge >= 0.3 is 39.5 Å². The maximum atomic E-state index is 13.1. The predicted octanol–water partition coefficient (Wildman–Crippen LogP) is 23.1. The number of hydrogen-bond acceptors (Lipinski definition) is 15. The first-order chi connectivity index (χ1) is 47.4. The summed E-state index contributed by atoms with van der Waals surface area (Å²) in [6.45, 7) is 9.59. The van der Waals surface area contributed by atoms with Crippen LogP contribution >= 0.6 is 15.6 Å². The van der Waals surface area contributed by atoms with Crippen molar-refractivity contribution >= 4 is 39.5 Å². The van der Waals surface area contributed by atoms with E-state index in [0.717, 1.165) is 127 Å². The molecule has 0 aliphatic rings. The largest absolute Gasteiger partial charge is 0.472 e. The smallest absolute Gasteiger partial charge is 0.462 e. The normalized spacial score (nSPS) is 14.4. The summed E-state index contributed by atoms with van der Waals surface area (Å²) in [7, 11) is -9.92. The molecule has 0 aromatic heterocycles. The molecular formula is C79H150O17P2. The highest BCUT2D eigenvalue weighted by molar-refractivity contribution is 7.47. The molecule has 578 valence electrons. The van der Waals surface area contributed by atoms with Crippen LogP contribution in [0.1, 0.15) is 388 Å². The minimum atomic E-state index is -4.96. The van der Waals surface area contributed by atoms with Crippen molar-refractivity contribution in [3.8, 4) is 0 Å². The maximum absolute atomic E-state index is 13.1. The number of carbonyl (C=O) groups excluding carboxylic acids is 4. The van der Waals surface area contributed by atoms with Gasteiger partial charge in [-0.25, -0.2) is 9.13 Å². The number of esters is 4. The van der Waals surface area contributed by atoms with Crippen LogP contribution in [0.25, 0.3) is 0 Å². The van der Waals surface area contributed by atoms with Crippen molar-refractivity contribution in [2.45, 2.75) is 407 Å². The Hall–Kier alpha value is -2.46. The highest BCUT2D eigenvalue weighted by Crippen LogP contribution is 2.45. The summed E-state index contributed by atoms with van der Waals surface area (Å²) in [4.78, 5) is 72.8. The standard InChI is InChI=1S/C79H150O17P2/c1-7-10-12-14-16-17-18-19-21-29-34-39-45-51-57-63-78(83)95-74(67-89-76(81)61-55-49-41-15-13-11-8-2)69-93-97(85,86)91-65-73(80)66-92-98(87,88)94-70-75(96-79(84)64-58-52-46-40-35-30-23-20-22-26-31-36-42-47-53-59-71(4)5)68-90-77(82)62-56-50-44-38-33-28-25-24-27-32-37-43-48-54-60-72(6)9-3/h17-19,21,71-75,80H,7-16,20,22-70H2,1-6H3,(H,85,86)(H,87,88)/b18-17-,21-19-/t72?,73-,74+,75+/m0/s1. The molecule has 0 aliphatic carbocycles. The van der Waals surface area contributed by atoms with Gasteiger partial charge in [0.15, 0.2) is 12.2 Å². The molecule has 0 spiro atoms. The number of phosphoric ester groups is 2. The Morgan fingerprint density at radius 1 is 0.337 bits per heavy atom. The number of phosphoric acid groups is 2. The van der Waals surface area contributed by atoms with Gasteiger partial charge < -0.3 is 33.8 Å². The number of aliphatic hydroxyl groups is 1. The van der Waals surface area contributed by atoms with Crippen LogP contribution in [0.2, 0.25) is 0 Å². The molecule has 0 fully saturated rings. The van der Waals surface area contributed by atoms with Crippen LogP contribution in [0, 0.1) is 11.8 Å². The summed E-state index contributed by atoms with van der Waals surface area (Å²) in [5.74, 6) is -0.497. The second-order valence-electron chi connectivity index (χ2n) is 28.5. The molecule has 98 heavy (non-hydrogen) atoms. The molecule has 3 unspecified atom stereocenters. The highest BCUT2D eigenvalue weighted by atomic mass is 31.2. The Morgan fingerprint density at radius 2 is 0.602 bits per heavy atom. The van der Waals surface area contributed by atoms with E-state index in [1.54, 1.807) is 0 Å². The van der Waals surface area contributed by atoms with E-state index in [1.807, 2.05) is 0 Å². The Bertz CT molecular complexity index is 1990. The van der Waals surface area contributed by atoms with Crippen LogP contribution in [0.3, 0.4) is 0 Å². The molecule has 0 bridgehead atoms. The molecule has 6 atom stereocenters. The molecule has 0 amide bonds. The molecule has 0 saturated carbocycles. The van der Waals surface area contributed by atoms with E-state index in [-0.39, 0.29) is 25.7 Å². The molecular weight excluding hydrogens is 1280 g/mol. The molecule has 0 heterocycles. The first-order valence-corrected chi connectivity index (χ1v) is 43.3. The predicted molar refractivity (Wildman–Crippen MR) is 400 cm³/mol. The van der Waals surface area contributed by atoms with E-state index in [9.17, 15) is 43.2 Å². The van der Waals surface area contributed by atoms with Crippen LogP contribution in [0.15, 0.2) is 24.3 Å². The zero-order valence-electron chi connectivity index (χ0n) is 63.6. The number of aliphatic hydroxyl groups excluding tert-OH is 1. The van der Waals surface area contributed by atoms with Gasteiger partial charge in [0.05, 0.1) is 26.4 Å². The van der Waals surface area contributed by atoms with Crippen LogP contribution in [-0.2, 0) is 65.4 Å². The van der Waals surface area contributed by atoms with Crippen LogP contribution in [0.5, 0.6) is 0 Å². The van der Waals surface area contributed by atoms with Crippen molar-refractivity contribution in [1.29, 1.82) is 0 Å². The number of unbranched alkanes of at least 4 members (excludes halogenated alkanes) is 42. The van der Waals surface area contributed by atoms with Gasteiger partial charge in [0.25, 0.3) is 0 Å². The van der Waals surface area contributed by atoms with Crippen molar-refractivity contribution in [2.75, 3.05) is 39.6 Å². The fourth-order valence-corrected chi connectivity index (χ4v) is 13.2. The molecule has 0 saturated heterocycles. The summed E-state index contributed by atoms with van der Waals surface area (Å²) in [5.41, 5.74) is 0. The van der Waals surface area contributed by atoms with Crippen molar-refractivity contribution in [3.05, 3.63) is 24.3 Å². The fourth-order valence-electron chi connectivity index (χ4n) is 11.6. The van der Waals surface area contributed by atoms with E-state index in [2.05, 4.69) is 65.8 Å². The van der Waals surface area contributed by atoms with Crippen LogP contribution < -0.4 is 0 Å². The topological polar surface area (TPSA) is 237 Å². The van der Waals surface area contributed by atoms with E-state index in [0.29, 0.717) is 25.7 Å². The van der Waals surface area contributed by atoms with Gasteiger partial charge in [-0.15, -0.1) is 0 Å². The third-order valence-electron chi connectivity index (χ3n) is 18.2. The lowest BCUT2D eigenvalue weighted by Gasteiger charge is -2.21. The highest BCUT2D eigenvalue weighted by Gasteiger charge is 2.30. The third kappa shape index (κ3) is 70.6. The maximum Gasteiger partial charge on any atom is 0.472 e. The second kappa shape index (κ2) is 70.2. The van der Waals surface area contributed by atoms with Gasteiger partial charge in [0.1, 0.15) is 19.3 Å². The van der Waals surface area contributed by atoms with E-state index < -0.39 is 97.5 Å². The minimum Gasteiger partial charge on any atom is -0.462 e. The molecule has 0 rings (SSSR count). The number of hydrogen-bond donors (Lipinski definition) is 3. The number of ether oxygens (including phenoxy) is 4. The van der Waals surface area contributed by atoms with Crippen molar-refractivity contribution in [3.63, 3.8) is 0 Å². The lowest BCUT2D eigenvalue weighted by Crippen LogP contribution is -2.30. The number of allylic oxidation sites excluding steroid dienone is 4. The zero-order valence-corrected chi connectivity index (χ0v) is 65.4. The molecule has 0 radical (unpaired) electrons. The molecule has 19 heteroatoms. The first-order valence-electron chi connectivity index (χ1n) is 40.3.